The normalized spacial score (nSPS) is 19.6. The molecule has 1 amide bonds. The zero-order chi connectivity index (χ0) is 17.9. The van der Waals surface area contributed by atoms with Crippen LogP contribution >= 0.6 is 11.8 Å². The molecule has 0 aliphatic carbocycles. The number of hydrogen-bond acceptors (Lipinski definition) is 4. The largest absolute Gasteiger partial charge is 0.302 e. The third-order valence-corrected chi connectivity index (χ3v) is 5.06. The number of nitrogens with zero attached hydrogens (tertiary/aromatic N) is 2. The second-order valence-corrected chi connectivity index (χ2v) is 8.01. The second kappa shape index (κ2) is 7.23. The van der Waals surface area contributed by atoms with Crippen molar-refractivity contribution in [3.8, 4) is 0 Å². The molecule has 1 atom stereocenters. The van der Waals surface area contributed by atoms with E-state index in [1.54, 1.807) is 6.21 Å². The first kappa shape index (κ1) is 17.4. The Kier molecular flexibility index (Phi) is 5.04. The lowest BCUT2D eigenvalue weighted by Gasteiger charge is -2.18. The van der Waals surface area contributed by atoms with E-state index in [1.165, 1.54) is 17.3 Å². The van der Waals surface area contributed by atoms with Crippen LogP contribution in [0, 0.1) is 0 Å². The van der Waals surface area contributed by atoms with Crippen LogP contribution in [-0.4, -0.2) is 17.3 Å². The van der Waals surface area contributed by atoms with Gasteiger partial charge in [0.1, 0.15) is 5.25 Å². The minimum atomic E-state index is -0.263. The van der Waals surface area contributed by atoms with Gasteiger partial charge < -0.3 is 5.32 Å². The fourth-order valence-corrected chi connectivity index (χ4v) is 3.41. The third kappa shape index (κ3) is 4.37. The molecule has 1 fully saturated rings. The number of benzene rings is 2. The highest BCUT2D eigenvalue weighted by Crippen LogP contribution is 2.34. The van der Waals surface area contributed by atoms with Crippen molar-refractivity contribution < 1.29 is 4.79 Å². The van der Waals surface area contributed by atoms with E-state index in [0.29, 0.717) is 5.17 Å². The van der Waals surface area contributed by atoms with E-state index in [0.717, 1.165) is 11.1 Å². The molecule has 0 radical (unpaired) electrons. The first-order chi connectivity index (χ1) is 11.9. The van der Waals surface area contributed by atoms with Gasteiger partial charge in [-0.15, -0.1) is 5.10 Å². The molecule has 1 aliphatic rings. The zero-order valence-electron chi connectivity index (χ0n) is 14.6. The summed E-state index contributed by atoms with van der Waals surface area (Å²) in [6.45, 7) is 6.56. The van der Waals surface area contributed by atoms with E-state index >= 15 is 0 Å². The highest BCUT2D eigenvalue weighted by molar-refractivity contribution is 8.15. The summed E-state index contributed by atoms with van der Waals surface area (Å²) in [6.07, 6.45) is 1.70. The van der Waals surface area contributed by atoms with Crippen LogP contribution in [0.4, 0.5) is 0 Å². The lowest BCUT2D eigenvalue weighted by molar-refractivity contribution is -0.118. The third-order valence-electron chi connectivity index (χ3n) is 3.93. The van der Waals surface area contributed by atoms with Crippen LogP contribution in [0.3, 0.4) is 0 Å². The van der Waals surface area contributed by atoms with E-state index in [2.05, 4.69) is 48.4 Å². The number of nitrogens with one attached hydrogen (secondary N) is 1. The maximum absolute atomic E-state index is 12.1. The Hall–Kier alpha value is -2.40. The summed E-state index contributed by atoms with van der Waals surface area (Å²) in [4.78, 5) is 12.1. The van der Waals surface area contributed by atoms with Gasteiger partial charge in [0.05, 0.1) is 6.21 Å². The van der Waals surface area contributed by atoms with E-state index in [1.807, 2.05) is 42.5 Å². The van der Waals surface area contributed by atoms with E-state index in [4.69, 9.17) is 0 Å². The lowest BCUT2D eigenvalue weighted by Crippen LogP contribution is -2.21. The highest BCUT2D eigenvalue weighted by Gasteiger charge is 2.31. The van der Waals surface area contributed by atoms with Crippen LogP contribution in [0.15, 0.2) is 64.8 Å². The first-order valence-electron chi connectivity index (χ1n) is 8.17. The number of carbonyl (C=O) groups excluding carboxylic acids is 1. The van der Waals surface area contributed by atoms with Gasteiger partial charge in [-0.2, -0.15) is 5.10 Å². The first-order valence-corrected chi connectivity index (χ1v) is 9.05. The lowest BCUT2D eigenvalue weighted by atomic mass is 9.87. The number of amidine groups is 1. The highest BCUT2D eigenvalue weighted by atomic mass is 32.2. The molecule has 5 heteroatoms. The van der Waals surface area contributed by atoms with Gasteiger partial charge in [0.15, 0.2) is 5.17 Å². The molecule has 1 aliphatic heterocycles. The Bertz CT molecular complexity index is 805. The van der Waals surface area contributed by atoms with Crippen molar-refractivity contribution in [2.75, 3.05) is 0 Å². The van der Waals surface area contributed by atoms with Gasteiger partial charge in [0, 0.05) is 0 Å². The Morgan fingerprint density at radius 2 is 1.72 bits per heavy atom. The summed E-state index contributed by atoms with van der Waals surface area (Å²) in [5.74, 6) is -0.0559. The molecule has 25 heavy (non-hydrogen) atoms. The summed E-state index contributed by atoms with van der Waals surface area (Å²) >= 11 is 1.39. The Morgan fingerprint density at radius 3 is 2.36 bits per heavy atom. The maximum atomic E-state index is 12.1. The van der Waals surface area contributed by atoms with Gasteiger partial charge in [-0.05, 0) is 22.1 Å². The van der Waals surface area contributed by atoms with E-state index in [-0.39, 0.29) is 16.6 Å². The topological polar surface area (TPSA) is 53.8 Å². The summed E-state index contributed by atoms with van der Waals surface area (Å²) in [5.41, 5.74) is 3.36. The quantitative estimate of drug-likeness (QED) is 0.663. The molecule has 1 N–H and O–H groups in total. The second-order valence-electron chi connectivity index (χ2n) is 6.92. The molecule has 0 spiro atoms. The zero-order valence-corrected chi connectivity index (χ0v) is 15.4. The number of rotatable bonds is 3. The molecule has 3 rings (SSSR count). The predicted octanol–water partition coefficient (Wildman–Crippen LogP) is 4.28. The van der Waals surface area contributed by atoms with Crippen molar-refractivity contribution in [1.82, 2.24) is 5.32 Å². The monoisotopic (exact) mass is 351 g/mol. The van der Waals surface area contributed by atoms with Gasteiger partial charge in [0.25, 0.3) is 0 Å². The number of hydrogen-bond donors (Lipinski definition) is 1. The molecule has 4 nitrogen and oxygen atoms in total. The van der Waals surface area contributed by atoms with Crippen LogP contribution in [0.2, 0.25) is 0 Å². The van der Waals surface area contributed by atoms with Gasteiger partial charge in [0.2, 0.25) is 5.91 Å². The van der Waals surface area contributed by atoms with E-state index in [9.17, 15) is 4.79 Å². The van der Waals surface area contributed by atoms with Gasteiger partial charge in [-0.3, -0.25) is 4.79 Å². The fourth-order valence-electron chi connectivity index (χ4n) is 2.48. The average Bonchev–Trinajstić information content (AvgIpc) is 2.96. The smallest absolute Gasteiger partial charge is 0.244 e. The van der Waals surface area contributed by atoms with Gasteiger partial charge in [-0.1, -0.05) is 87.1 Å². The molecule has 1 heterocycles. The van der Waals surface area contributed by atoms with Crippen molar-refractivity contribution in [1.29, 1.82) is 0 Å². The van der Waals surface area contributed by atoms with Crippen molar-refractivity contribution in [3.05, 3.63) is 71.3 Å². The molecule has 2 aromatic rings. The minimum absolute atomic E-state index is 0.0559. The Morgan fingerprint density at radius 1 is 1.04 bits per heavy atom. The molecule has 0 saturated carbocycles. The maximum Gasteiger partial charge on any atom is 0.244 e. The predicted molar refractivity (Wildman–Crippen MR) is 105 cm³/mol. The summed E-state index contributed by atoms with van der Waals surface area (Å²) in [7, 11) is 0. The van der Waals surface area contributed by atoms with Crippen LogP contribution in [0.1, 0.15) is 42.7 Å². The van der Waals surface area contributed by atoms with E-state index < -0.39 is 0 Å². The molecule has 128 valence electrons. The Balaban J connectivity index is 1.66. The average molecular weight is 351 g/mol. The van der Waals surface area contributed by atoms with Crippen LogP contribution in [0.5, 0.6) is 0 Å². The van der Waals surface area contributed by atoms with Gasteiger partial charge >= 0.3 is 0 Å². The molecule has 1 saturated heterocycles. The Labute approximate surface area is 152 Å². The van der Waals surface area contributed by atoms with Crippen molar-refractivity contribution in [2.24, 2.45) is 10.2 Å². The molecule has 0 unspecified atom stereocenters. The number of thioether (sulfide) groups is 1. The molecule has 2 aromatic carbocycles. The summed E-state index contributed by atoms with van der Waals surface area (Å²) in [6, 6.07) is 17.9. The minimum Gasteiger partial charge on any atom is -0.302 e. The molecular formula is C20H21N3OS. The van der Waals surface area contributed by atoms with Crippen LogP contribution < -0.4 is 5.32 Å². The molecule has 0 aromatic heterocycles. The SMILES string of the molecule is CC(C)(C)c1ccc(/C=N/N=C2/NC(=O)[C@H](c3ccccc3)S2)cc1. The fraction of sp³-hybridized carbons (Fsp3) is 0.250. The standard InChI is InChI=1S/C20H21N3OS/c1-20(2,3)16-11-9-14(10-12-16)13-21-23-19-22-18(24)17(25-19)15-7-5-4-6-8-15/h4-13,17H,1-3H3,(H,22,23,24)/b21-13+/t17-/m0/s1. The van der Waals surface area contributed by atoms with Crippen LogP contribution in [0.25, 0.3) is 0 Å². The summed E-state index contributed by atoms with van der Waals surface area (Å²) in [5, 5.41) is 11.3. The van der Waals surface area contributed by atoms with Crippen molar-refractivity contribution in [2.45, 2.75) is 31.4 Å². The van der Waals surface area contributed by atoms with Crippen molar-refractivity contribution in [3.63, 3.8) is 0 Å². The number of amides is 1. The van der Waals surface area contributed by atoms with Crippen molar-refractivity contribution >= 4 is 29.1 Å². The van der Waals surface area contributed by atoms with Gasteiger partial charge in [-0.25, -0.2) is 0 Å². The number of carbonyl (C=O) groups is 1. The summed E-state index contributed by atoms with van der Waals surface area (Å²) < 4.78 is 0. The molecular weight excluding hydrogens is 330 g/mol. The molecule has 0 bridgehead atoms. The van der Waals surface area contributed by atoms with Crippen LogP contribution in [-0.2, 0) is 10.2 Å².